The third-order valence-corrected chi connectivity index (χ3v) is 8.45. The number of carbonyl (C=O) groups excluding carboxylic acids is 1. The van der Waals surface area contributed by atoms with Crippen LogP contribution in [0.25, 0.3) is 10.2 Å². The summed E-state index contributed by atoms with van der Waals surface area (Å²) in [5.41, 5.74) is 9.03. The van der Waals surface area contributed by atoms with E-state index in [-0.39, 0.29) is 17.8 Å². The van der Waals surface area contributed by atoms with Crippen LogP contribution < -0.4 is 21.3 Å². The number of pyridine rings is 2. The largest absolute Gasteiger partial charge is 0.397 e. The fraction of sp³-hybridized carbons (Fsp3) is 0.458. The quantitative estimate of drug-likeness (QED) is 0.549. The Hall–Kier alpha value is -2.78. The van der Waals surface area contributed by atoms with Gasteiger partial charge >= 0.3 is 0 Å². The van der Waals surface area contributed by atoms with Crippen LogP contribution in [-0.2, 0) is 12.8 Å². The zero-order chi connectivity index (χ0) is 22.7. The van der Waals surface area contributed by atoms with Gasteiger partial charge in [-0.1, -0.05) is 0 Å². The summed E-state index contributed by atoms with van der Waals surface area (Å²) >= 11 is 1.30. The van der Waals surface area contributed by atoms with Crippen LogP contribution in [0.4, 0.5) is 15.9 Å². The number of halogens is 1. The van der Waals surface area contributed by atoms with Crippen molar-refractivity contribution in [2.24, 2.45) is 5.92 Å². The minimum absolute atomic E-state index is 0.151. The Bertz CT molecular complexity index is 1260. The summed E-state index contributed by atoms with van der Waals surface area (Å²) < 4.78 is 15.2. The minimum atomic E-state index is -0.219. The number of anilines is 2. The molecular weight excluding hydrogens is 439 g/mol. The van der Waals surface area contributed by atoms with Gasteiger partial charge < -0.3 is 21.3 Å². The molecule has 2 aliphatic heterocycles. The van der Waals surface area contributed by atoms with E-state index in [1.807, 2.05) is 19.1 Å². The zero-order valence-corrected chi connectivity index (χ0v) is 19.3. The van der Waals surface area contributed by atoms with Crippen LogP contribution in [0.3, 0.4) is 0 Å². The molecule has 7 nitrogen and oxygen atoms in total. The maximum atomic E-state index is 15.2. The number of hydrogen-bond donors (Lipinski definition) is 3. The van der Waals surface area contributed by atoms with Gasteiger partial charge in [-0.3, -0.25) is 4.79 Å². The van der Waals surface area contributed by atoms with E-state index >= 15 is 4.39 Å². The average Bonchev–Trinajstić information content (AvgIpc) is 3.49. The summed E-state index contributed by atoms with van der Waals surface area (Å²) in [5.74, 6) is 0.949. The number of rotatable bonds is 3. The number of nitrogen functional groups attached to an aromatic ring is 1. The molecule has 2 fully saturated rings. The highest BCUT2D eigenvalue weighted by Gasteiger charge is 2.39. The molecule has 0 radical (unpaired) electrons. The van der Waals surface area contributed by atoms with Crippen molar-refractivity contribution in [1.29, 1.82) is 0 Å². The molecule has 1 amide bonds. The van der Waals surface area contributed by atoms with E-state index in [2.05, 4.69) is 20.5 Å². The number of thiophene rings is 1. The minimum Gasteiger partial charge on any atom is -0.397 e. The molecule has 9 heteroatoms. The van der Waals surface area contributed by atoms with Gasteiger partial charge in [-0.2, -0.15) is 0 Å². The Morgan fingerprint density at radius 3 is 3.06 bits per heavy atom. The molecule has 2 saturated heterocycles. The van der Waals surface area contributed by atoms with Crippen molar-refractivity contribution >= 4 is 39.0 Å². The van der Waals surface area contributed by atoms with Gasteiger partial charge in [0.25, 0.3) is 5.91 Å². The van der Waals surface area contributed by atoms with Crippen LogP contribution >= 0.6 is 11.3 Å². The molecule has 4 N–H and O–H groups in total. The van der Waals surface area contributed by atoms with Gasteiger partial charge in [0, 0.05) is 60.1 Å². The maximum Gasteiger partial charge on any atom is 0.263 e. The van der Waals surface area contributed by atoms with E-state index < -0.39 is 0 Å². The smallest absolute Gasteiger partial charge is 0.263 e. The first kappa shape index (κ1) is 20.8. The number of aryl methyl sites for hydroxylation is 2. The Labute approximate surface area is 195 Å². The third kappa shape index (κ3) is 3.54. The van der Waals surface area contributed by atoms with Crippen molar-refractivity contribution in [1.82, 2.24) is 20.6 Å². The lowest BCUT2D eigenvalue weighted by Gasteiger charge is -2.29. The molecule has 3 atom stereocenters. The van der Waals surface area contributed by atoms with Gasteiger partial charge in [-0.15, -0.1) is 11.3 Å². The first-order valence-corrected chi connectivity index (χ1v) is 12.4. The Morgan fingerprint density at radius 2 is 2.18 bits per heavy atom. The lowest BCUT2D eigenvalue weighted by molar-refractivity contribution is 0.0938. The van der Waals surface area contributed by atoms with Crippen molar-refractivity contribution in [2.45, 2.75) is 44.7 Å². The molecule has 0 saturated carbocycles. The average molecular weight is 467 g/mol. The molecule has 6 rings (SSSR count). The van der Waals surface area contributed by atoms with E-state index in [1.54, 1.807) is 6.07 Å². The molecular formula is C24H27FN6OS. The molecule has 3 aliphatic rings. The van der Waals surface area contributed by atoms with Gasteiger partial charge in [0.15, 0.2) is 0 Å². The number of nitrogens with one attached hydrogen (secondary N) is 2. The number of aromatic nitrogens is 2. The van der Waals surface area contributed by atoms with Crippen LogP contribution in [0.2, 0.25) is 0 Å². The first-order valence-electron chi connectivity index (χ1n) is 11.6. The second-order valence-electron chi connectivity index (χ2n) is 9.42. The summed E-state index contributed by atoms with van der Waals surface area (Å²) in [6.45, 7) is 4.83. The van der Waals surface area contributed by atoms with Crippen molar-refractivity contribution in [2.75, 3.05) is 30.3 Å². The van der Waals surface area contributed by atoms with Crippen LogP contribution in [0, 0.1) is 18.7 Å². The predicted octanol–water partition coefficient (Wildman–Crippen LogP) is 2.81. The predicted molar refractivity (Wildman–Crippen MR) is 128 cm³/mol. The molecule has 3 aromatic rings. The molecule has 0 bridgehead atoms. The van der Waals surface area contributed by atoms with Gasteiger partial charge in [-0.05, 0) is 50.7 Å². The summed E-state index contributed by atoms with van der Waals surface area (Å²) in [7, 11) is 0. The SMILES string of the molecule is Cc1ccc2c(N)c(C(=O)NC3CCc4nc(N5CCC6CNCC65)cc(F)c4C3)sc2n1. The number of fused-ring (bicyclic) bond motifs is 3. The molecule has 0 spiro atoms. The highest BCUT2D eigenvalue weighted by molar-refractivity contribution is 7.21. The monoisotopic (exact) mass is 466 g/mol. The van der Waals surface area contributed by atoms with Crippen molar-refractivity contribution in [3.8, 4) is 0 Å². The van der Waals surface area contributed by atoms with E-state index in [1.165, 1.54) is 11.3 Å². The molecule has 3 aromatic heterocycles. The Morgan fingerprint density at radius 1 is 1.30 bits per heavy atom. The van der Waals surface area contributed by atoms with Crippen molar-refractivity contribution in [3.63, 3.8) is 0 Å². The normalized spacial score (nSPS) is 24.2. The van der Waals surface area contributed by atoms with Gasteiger partial charge in [0.2, 0.25) is 0 Å². The van der Waals surface area contributed by atoms with Crippen molar-refractivity contribution in [3.05, 3.63) is 45.8 Å². The summed E-state index contributed by atoms with van der Waals surface area (Å²) in [6, 6.07) is 5.64. The number of hydrogen-bond acceptors (Lipinski definition) is 7. The van der Waals surface area contributed by atoms with Crippen LogP contribution in [0.15, 0.2) is 18.2 Å². The van der Waals surface area contributed by atoms with Crippen molar-refractivity contribution < 1.29 is 9.18 Å². The van der Waals surface area contributed by atoms with Crippen LogP contribution in [0.1, 0.15) is 39.5 Å². The first-order chi connectivity index (χ1) is 16.0. The van der Waals surface area contributed by atoms with E-state index in [0.29, 0.717) is 40.9 Å². The lowest BCUT2D eigenvalue weighted by Crippen LogP contribution is -2.40. The Kier molecular flexibility index (Phi) is 4.99. The standard InChI is InChI=1S/C24H27FN6OS/c1-12-2-4-15-21(26)22(33-24(15)28-12)23(32)29-14-3-5-18-16(8-14)17(25)9-20(30-18)31-7-6-13-10-27-11-19(13)31/h2,4,9,13-14,19,27H,3,5-8,10-11,26H2,1H3,(H,29,32). The van der Waals surface area contributed by atoms with Crippen LogP contribution in [-0.4, -0.2) is 47.6 Å². The molecule has 0 aromatic carbocycles. The highest BCUT2D eigenvalue weighted by atomic mass is 32.1. The van der Waals surface area contributed by atoms with E-state index in [9.17, 15) is 4.79 Å². The Balaban J connectivity index is 1.20. The molecule has 172 valence electrons. The van der Waals surface area contributed by atoms with Gasteiger partial charge in [0.1, 0.15) is 21.3 Å². The second-order valence-corrected chi connectivity index (χ2v) is 10.4. The highest BCUT2D eigenvalue weighted by Crippen LogP contribution is 2.35. The second kappa shape index (κ2) is 7.92. The summed E-state index contributed by atoms with van der Waals surface area (Å²) in [6.07, 6.45) is 2.94. The molecule has 33 heavy (non-hydrogen) atoms. The maximum absolute atomic E-state index is 15.2. The number of nitrogens with two attached hydrogens (primary N) is 1. The molecule has 1 aliphatic carbocycles. The van der Waals surface area contributed by atoms with Crippen LogP contribution in [0.5, 0.6) is 0 Å². The van der Waals surface area contributed by atoms with Gasteiger partial charge in [-0.25, -0.2) is 14.4 Å². The fourth-order valence-electron chi connectivity index (χ4n) is 5.57. The molecule has 3 unspecified atom stereocenters. The zero-order valence-electron chi connectivity index (χ0n) is 18.5. The number of nitrogens with zero attached hydrogens (tertiary/aromatic N) is 3. The third-order valence-electron chi connectivity index (χ3n) is 7.34. The van der Waals surface area contributed by atoms with E-state index in [4.69, 9.17) is 10.7 Å². The lowest BCUT2D eigenvalue weighted by atomic mass is 9.91. The number of amides is 1. The summed E-state index contributed by atoms with van der Waals surface area (Å²) in [4.78, 5) is 25.8. The number of carbonyl (C=O) groups is 1. The van der Waals surface area contributed by atoms with E-state index in [0.717, 1.165) is 59.9 Å². The summed E-state index contributed by atoms with van der Waals surface area (Å²) in [5, 5.41) is 7.31. The molecule has 5 heterocycles. The van der Waals surface area contributed by atoms with Gasteiger partial charge in [0.05, 0.1) is 5.69 Å². The fourth-order valence-corrected chi connectivity index (χ4v) is 6.61. The topological polar surface area (TPSA) is 96.2 Å².